The van der Waals surface area contributed by atoms with E-state index in [0.29, 0.717) is 11.3 Å². The molecular weight excluding hydrogens is 324 g/mol. The maximum atomic E-state index is 12.3. The number of nitrogens with zero attached hydrogens (tertiary/aromatic N) is 1. The number of imide groups is 1. The summed E-state index contributed by atoms with van der Waals surface area (Å²) < 4.78 is 4.74. The lowest BCUT2D eigenvalue weighted by atomic mass is 9.85. The lowest BCUT2D eigenvalue weighted by Crippen LogP contribution is -2.34. The van der Waals surface area contributed by atoms with Crippen LogP contribution in [0.2, 0.25) is 0 Å². The van der Waals surface area contributed by atoms with Crippen LogP contribution in [0.1, 0.15) is 36.7 Å². The molecule has 2 amide bonds. The summed E-state index contributed by atoms with van der Waals surface area (Å²) in [6.07, 6.45) is 1.19. The van der Waals surface area contributed by atoms with Gasteiger partial charge in [0, 0.05) is 11.8 Å². The molecule has 7 heteroatoms. The quantitative estimate of drug-likeness (QED) is 0.618. The van der Waals surface area contributed by atoms with Crippen LogP contribution in [0.3, 0.4) is 0 Å². The van der Waals surface area contributed by atoms with E-state index >= 15 is 0 Å². The van der Waals surface area contributed by atoms with Crippen molar-refractivity contribution in [3.8, 4) is 0 Å². The minimum atomic E-state index is -0.512. The SMILES string of the molecule is COC(=O)c1ccc(C(C)(C)C)c(NC2=CC(=O)N(CCO)C2=O)c1. The van der Waals surface area contributed by atoms with Gasteiger partial charge in [0.05, 0.1) is 25.8 Å². The van der Waals surface area contributed by atoms with Crippen LogP contribution in [0.4, 0.5) is 5.69 Å². The highest BCUT2D eigenvalue weighted by Crippen LogP contribution is 2.32. The molecule has 0 atom stereocenters. The average Bonchev–Trinajstić information content (AvgIpc) is 2.81. The van der Waals surface area contributed by atoms with Gasteiger partial charge in [-0.15, -0.1) is 0 Å². The molecule has 25 heavy (non-hydrogen) atoms. The largest absolute Gasteiger partial charge is 0.465 e. The maximum absolute atomic E-state index is 12.3. The normalized spacial score (nSPS) is 14.6. The molecule has 2 N–H and O–H groups in total. The van der Waals surface area contributed by atoms with Gasteiger partial charge in [0.2, 0.25) is 0 Å². The molecule has 7 nitrogen and oxygen atoms in total. The maximum Gasteiger partial charge on any atom is 0.337 e. The number of benzene rings is 1. The molecule has 0 aliphatic carbocycles. The predicted octanol–water partition coefficient (Wildman–Crippen LogP) is 1.43. The number of carbonyl (C=O) groups is 3. The second kappa shape index (κ2) is 7.06. The van der Waals surface area contributed by atoms with Gasteiger partial charge in [0.15, 0.2) is 0 Å². The zero-order chi connectivity index (χ0) is 18.8. The fourth-order valence-corrected chi connectivity index (χ4v) is 2.60. The molecule has 0 fully saturated rings. The van der Waals surface area contributed by atoms with Crippen LogP contribution in [0.5, 0.6) is 0 Å². The number of aliphatic hydroxyl groups excluding tert-OH is 1. The number of methoxy groups -OCH3 is 1. The number of esters is 1. The van der Waals surface area contributed by atoms with Crippen LogP contribution < -0.4 is 5.32 Å². The Morgan fingerprint density at radius 2 is 1.96 bits per heavy atom. The van der Waals surface area contributed by atoms with E-state index in [-0.39, 0.29) is 24.3 Å². The number of ether oxygens (including phenoxy) is 1. The van der Waals surface area contributed by atoms with Gasteiger partial charge in [-0.25, -0.2) is 4.79 Å². The summed E-state index contributed by atoms with van der Waals surface area (Å²) in [7, 11) is 1.29. The van der Waals surface area contributed by atoms with Crippen LogP contribution in [-0.2, 0) is 19.7 Å². The van der Waals surface area contributed by atoms with E-state index in [4.69, 9.17) is 9.84 Å². The summed E-state index contributed by atoms with van der Waals surface area (Å²) in [6.45, 7) is 5.63. The lowest BCUT2D eigenvalue weighted by Gasteiger charge is -2.24. The highest BCUT2D eigenvalue weighted by molar-refractivity contribution is 6.17. The highest BCUT2D eigenvalue weighted by Gasteiger charge is 2.31. The Kier molecular flexibility index (Phi) is 5.27. The van der Waals surface area contributed by atoms with Crippen molar-refractivity contribution in [3.63, 3.8) is 0 Å². The van der Waals surface area contributed by atoms with Crippen molar-refractivity contribution in [2.24, 2.45) is 0 Å². The van der Waals surface area contributed by atoms with E-state index in [2.05, 4.69) is 5.32 Å². The molecule has 0 bridgehead atoms. The van der Waals surface area contributed by atoms with Gasteiger partial charge in [-0.2, -0.15) is 0 Å². The molecule has 0 saturated carbocycles. The standard InChI is InChI=1S/C18H22N2O5/c1-18(2,3)12-6-5-11(17(24)25-4)9-13(12)19-14-10-15(22)20(7-8-21)16(14)23/h5-6,9-10,19,21H,7-8H2,1-4H3. The molecule has 0 saturated heterocycles. The lowest BCUT2D eigenvalue weighted by molar-refractivity contribution is -0.137. The highest BCUT2D eigenvalue weighted by atomic mass is 16.5. The first-order chi connectivity index (χ1) is 11.7. The summed E-state index contributed by atoms with van der Waals surface area (Å²) in [4.78, 5) is 37.0. The van der Waals surface area contributed by atoms with E-state index in [1.54, 1.807) is 18.2 Å². The van der Waals surface area contributed by atoms with E-state index < -0.39 is 17.8 Å². The monoisotopic (exact) mass is 346 g/mol. The van der Waals surface area contributed by atoms with E-state index in [0.717, 1.165) is 10.5 Å². The van der Waals surface area contributed by atoms with E-state index in [1.807, 2.05) is 20.8 Å². The molecule has 1 aromatic carbocycles. The van der Waals surface area contributed by atoms with Crippen molar-refractivity contribution < 1.29 is 24.2 Å². The van der Waals surface area contributed by atoms with Gasteiger partial charge in [-0.3, -0.25) is 14.5 Å². The molecule has 0 radical (unpaired) electrons. The first kappa shape index (κ1) is 18.7. The molecule has 1 aliphatic heterocycles. The summed E-state index contributed by atoms with van der Waals surface area (Å²) >= 11 is 0. The van der Waals surface area contributed by atoms with Gasteiger partial charge in [-0.05, 0) is 23.1 Å². The fourth-order valence-electron chi connectivity index (χ4n) is 2.60. The summed E-state index contributed by atoms with van der Waals surface area (Å²) in [5.74, 6) is -1.49. The summed E-state index contributed by atoms with van der Waals surface area (Å²) in [5.41, 5.74) is 1.61. The Morgan fingerprint density at radius 1 is 1.28 bits per heavy atom. The first-order valence-electron chi connectivity index (χ1n) is 7.87. The second-order valence-corrected chi connectivity index (χ2v) is 6.70. The first-order valence-corrected chi connectivity index (χ1v) is 7.87. The topological polar surface area (TPSA) is 95.9 Å². The molecule has 1 heterocycles. The number of rotatable bonds is 5. The van der Waals surface area contributed by atoms with Crippen LogP contribution >= 0.6 is 0 Å². The average molecular weight is 346 g/mol. The Labute approximate surface area is 146 Å². The van der Waals surface area contributed by atoms with Crippen LogP contribution in [0.15, 0.2) is 30.0 Å². The minimum Gasteiger partial charge on any atom is -0.465 e. The van der Waals surface area contributed by atoms with Gasteiger partial charge in [0.1, 0.15) is 5.70 Å². The second-order valence-electron chi connectivity index (χ2n) is 6.70. The molecule has 2 rings (SSSR count). The molecule has 0 aromatic heterocycles. The number of hydrogen-bond donors (Lipinski definition) is 2. The zero-order valence-corrected chi connectivity index (χ0v) is 14.8. The number of hydrogen-bond acceptors (Lipinski definition) is 6. The molecule has 1 aromatic rings. The molecule has 0 unspecified atom stereocenters. The van der Waals surface area contributed by atoms with Crippen molar-refractivity contribution in [2.45, 2.75) is 26.2 Å². The van der Waals surface area contributed by atoms with Crippen molar-refractivity contribution in [3.05, 3.63) is 41.1 Å². The number of amides is 2. The minimum absolute atomic E-state index is 0.0618. The van der Waals surface area contributed by atoms with Crippen molar-refractivity contribution in [1.29, 1.82) is 0 Å². The molecule has 0 spiro atoms. The van der Waals surface area contributed by atoms with Gasteiger partial charge >= 0.3 is 5.97 Å². The van der Waals surface area contributed by atoms with Crippen molar-refractivity contribution in [2.75, 3.05) is 25.6 Å². The predicted molar refractivity (Wildman–Crippen MR) is 92.0 cm³/mol. The Bertz CT molecular complexity index is 746. The number of β-amino-alcohol motifs (C(OH)–C–C–N with tert-alkyl or cyclic N) is 1. The smallest absolute Gasteiger partial charge is 0.337 e. The van der Waals surface area contributed by atoms with E-state index in [1.165, 1.54) is 13.2 Å². The Balaban J connectivity index is 2.40. The number of aliphatic hydroxyl groups is 1. The number of nitrogens with one attached hydrogen (secondary N) is 1. The van der Waals surface area contributed by atoms with Crippen LogP contribution in [0, 0.1) is 0 Å². The molecule has 1 aliphatic rings. The molecular formula is C18H22N2O5. The number of carbonyl (C=O) groups excluding carboxylic acids is 3. The Hall–Kier alpha value is -2.67. The zero-order valence-electron chi connectivity index (χ0n) is 14.8. The third-order valence-corrected chi connectivity index (χ3v) is 3.85. The van der Waals surface area contributed by atoms with Gasteiger partial charge < -0.3 is 15.2 Å². The summed E-state index contributed by atoms with van der Waals surface area (Å²) in [6, 6.07) is 5.05. The van der Waals surface area contributed by atoms with Crippen molar-refractivity contribution in [1.82, 2.24) is 4.90 Å². The number of anilines is 1. The molecule has 134 valence electrons. The third-order valence-electron chi connectivity index (χ3n) is 3.85. The Morgan fingerprint density at radius 3 is 2.52 bits per heavy atom. The third kappa shape index (κ3) is 3.88. The van der Waals surface area contributed by atoms with Crippen LogP contribution in [0.25, 0.3) is 0 Å². The van der Waals surface area contributed by atoms with Crippen molar-refractivity contribution >= 4 is 23.5 Å². The fraction of sp³-hybridized carbons (Fsp3) is 0.389. The van der Waals surface area contributed by atoms with Gasteiger partial charge in [-0.1, -0.05) is 26.8 Å². The van der Waals surface area contributed by atoms with E-state index in [9.17, 15) is 14.4 Å². The van der Waals surface area contributed by atoms with Crippen LogP contribution in [-0.4, -0.2) is 48.1 Å². The van der Waals surface area contributed by atoms with Gasteiger partial charge in [0.25, 0.3) is 11.8 Å². The summed E-state index contributed by atoms with van der Waals surface area (Å²) in [5, 5.41) is 11.9.